The van der Waals surface area contributed by atoms with Crippen LogP contribution >= 0.6 is 0 Å². The van der Waals surface area contributed by atoms with E-state index in [1.165, 1.54) is 5.56 Å². The maximum atomic E-state index is 11.1. The van der Waals surface area contributed by atoms with Gasteiger partial charge in [-0.25, -0.2) is 0 Å². The van der Waals surface area contributed by atoms with Crippen molar-refractivity contribution in [2.24, 2.45) is 5.73 Å². The molecule has 2 rings (SSSR count). The van der Waals surface area contributed by atoms with E-state index in [1.807, 2.05) is 25.1 Å². The van der Waals surface area contributed by atoms with Gasteiger partial charge in [-0.3, -0.25) is 4.79 Å². The summed E-state index contributed by atoms with van der Waals surface area (Å²) in [7, 11) is 0. The summed E-state index contributed by atoms with van der Waals surface area (Å²) in [5.74, 6) is 0.280. The highest BCUT2D eigenvalue weighted by Crippen LogP contribution is 2.27. The SMILES string of the molecule is CCC(Oc1ccc2c(c1)NCCC2)C(N)=O. The monoisotopic (exact) mass is 234 g/mol. The predicted octanol–water partition coefficient (Wildman–Crippen LogP) is 1.69. The molecule has 1 aliphatic heterocycles. The molecule has 0 radical (unpaired) electrons. The van der Waals surface area contributed by atoms with Crippen LogP contribution in [0.15, 0.2) is 18.2 Å². The predicted molar refractivity (Wildman–Crippen MR) is 67.2 cm³/mol. The summed E-state index contributed by atoms with van der Waals surface area (Å²) in [5, 5.41) is 3.33. The number of rotatable bonds is 4. The molecule has 4 heteroatoms. The molecule has 1 heterocycles. The molecule has 17 heavy (non-hydrogen) atoms. The van der Waals surface area contributed by atoms with Crippen LogP contribution in [0.3, 0.4) is 0 Å². The number of anilines is 1. The van der Waals surface area contributed by atoms with Gasteiger partial charge in [0.15, 0.2) is 6.10 Å². The molecule has 3 N–H and O–H groups in total. The fraction of sp³-hybridized carbons (Fsp3) is 0.462. The number of benzene rings is 1. The molecule has 1 aliphatic rings. The van der Waals surface area contributed by atoms with Crippen LogP contribution < -0.4 is 15.8 Å². The van der Waals surface area contributed by atoms with E-state index >= 15 is 0 Å². The summed E-state index contributed by atoms with van der Waals surface area (Å²) in [6.45, 7) is 2.87. The second kappa shape index (κ2) is 5.08. The standard InChI is InChI=1S/C13H18N2O2/c1-2-12(13(14)16)17-10-6-5-9-4-3-7-15-11(9)8-10/h5-6,8,12,15H,2-4,7H2,1H3,(H2,14,16). The van der Waals surface area contributed by atoms with E-state index < -0.39 is 12.0 Å². The normalized spacial score (nSPS) is 15.6. The van der Waals surface area contributed by atoms with Crippen molar-refractivity contribution in [1.82, 2.24) is 0 Å². The van der Waals surface area contributed by atoms with Crippen molar-refractivity contribution >= 4 is 11.6 Å². The summed E-state index contributed by atoms with van der Waals surface area (Å²) in [4.78, 5) is 11.1. The Morgan fingerprint density at radius 1 is 1.59 bits per heavy atom. The van der Waals surface area contributed by atoms with E-state index in [9.17, 15) is 4.79 Å². The minimum Gasteiger partial charge on any atom is -0.481 e. The molecular weight excluding hydrogens is 216 g/mol. The number of nitrogens with two attached hydrogens (primary N) is 1. The Kier molecular flexibility index (Phi) is 3.52. The van der Waals surface area contributed by atoms with Gasteiger partial charge in [0.25, 0.3) is 5.91 Å². The topological polar surface area (TPSA) is 64.3 Å². The van der Waals surface area contributed by atoms with Crippen LogP contribution in [0, 0.1) is 0 Å². The highest BCUT2D eigenvalue weighted by molar-refractivity contribution is 5.79. The van der Waals surface area contributed by atoms with Crippen molar-refractivity contribution in [3.63, 3.8) is 0 Å². The highest BCUT2D eigenvalue weighted by atomic mass is 16.5. The number of aryl methyl sites for hydroxylation is 1. The van der Waals surface area contributed by atoms with Gasteiger partial charge in [-0.05, 0) is 30.9 Å². The maximum Gasteiger partial charge on any atom is 0.258 e. The molecule has 1 atom stereocenters. The summed E-state index contributed by atoms with van der Waals surface area (Å²) in [5.41, 5.74) is 7.66. The van der Waals surface area contributed by atoms with Crippen molar-refractivity contribution < 1.29 is 9.53 Å². The van der Waals surface area contributed by atoms with Crippen molar-refractivity contribution in [3.05, 3.63) is 23.8 Å². The molecule has 0 bridgehead atoms. The number of nitrogens with one attached hydrogen (secondary N) is 1. The molecule has 4 nitrogen and oxygen atoms in total. The molecule has 0 aromatic heterocycles. The van der Waals surface area contributed by atoms with Crippen LogP contribution in [0.2, 0.25) is 0 Å². The molecule has 92 valence electrons. The molecule has 1 unspecified atom stereocenters. The fourth-order valence-corrected chi connectivity index (χ4v) is 2.02. The number of primary amides is 1. The Balaban J connectivity index is 2.14. The van der Waals surface area contributed by atoms with Gasteiger partial charge in [-0.2, -0.15) is 0 Å². The number of ether oxygens (including phenoxy) is 1. The second-order valence-corrected chi connectivity index (χ2v) is 4.27. The minimum absolute atomic E-state index is 0.418. The van der Waals surface area contributed by atoms with Crippen molar-refractivity contribution in [2.45, 2.75) is 32.3 Å². The van der Waals surface area contributed by atoms with Gasteiger partial charge in [0.2, 0.25) is 0 Å². The molecule has 0 aliphatic carbocycles. The molecule has 0 saturated heterocycles. The van der Waals surface area contributed by atoms with Crippen LogP contribution in [0.4, 0.5) is 5.69 Å². The molecule has 1 aromatic rings. The summed E-state index contributed by atoms with van der Waals surface area (Å²) < 4.78 is 5.58. The number of fused-ring (bicyclic) bond motifs is 1. The van der Waals surface area contributed by atoms with Gasteiger partial charge in [-0.1, -0.05) is 13.0 Å². The van der Waals surface area contributed by atoms with E-state index in [2.05, 4.69) is 5.32 Å². The molecular formula is C13H18N2O2. The average molecular weight is 234 g/mol. The third kappa shape index (κ3) is 2.70. The largest absolute Gasteiger partial charge is 0.481 e. The Morgan fingerprint density at radius 3 is 3.12 bits per heavy atom. The zero-order valence-electron chi connectivity index (χ0n) is 10.0. The maximum absolute atomic E-state index is 11.1. The average Bonchev–Trinajstić information content (AvgIpc) is 2.35. The van der Waals surface area contributed by atoms with E-state index in [-0.39, 0.29) is 0 Å². The van der Waals surface area contributed by atoms with Crippen LogP contribution in [-0.2, 0) is 11.2 Å². The summed E-state index contributed by atoms with van der Waals surface area (Å²) in [6.07, 6.45) is 2.29. The minimum atomic E-state index is -0.545. The van der Waals surface area contributed by atoms with Crippen LogP contribution in [0.1, 0.15) is 25.3 Å². The van der Waals surface area contributed by atoms with E-state index in [4.69, 9.17) is 10.5 Å². The van der Waals surface area contributed by atoms with Gasteiger partial charge in [0.05, 0.1) is 0 Å². The van der Waals surface area contributed by atoms with Crippen molar-refractivity contribution in [3.8, 4) is 5.75 Å². The van der Waals surface area contributed by atoms with Crippen LogP contribution in [0.25, 0.3) is 0 Å². The molecule has 1 aromatic carbocycles. The van der Waals surface area contributed by atoms with Gasteiger partial charge >= 0.3 is 0 Å². The van der Waals surface area contributed by atoms with E-state index in [1.54, 1.807) is 0 Å². The lowest BCUT2D eigenvalue weighted by molar-refractivity contribution is -0.124. The first-order valence-electron chi connectivity index (χ1n) is 6.03. The zero-order chi connectivity index (χ0) is 12.3. The number of amides is 1. The Hall–Kier alpha value is -1.71. The Labute approximate surface area is 101 Å². The third-order valence-corrected chi connectivity index (χ3v) is 2.99. The van der Waals surface area contributed by atoms with Gasteiger partial charge < -0.3 is 15.8 Å². The number of hydrogen-bond donors (Lipinski definition) is 2. The molecule has 1 amide bonds. The lowest BCUT2D eigenvalue weighted by Crippen LogP contribution is -2.33. The first-order chi connectivity index (χ1) is 8.20. The first-order valence-corrected chi connectivity index (χ1v) is 6.03. The number of hydrogen-bond acceptors (Lipinski definition) is 3. The quantitative estimate of drug-likeness (QED) is 0.833. The van der Waals surface area contributed by atoms with Crippen molar-refractivity contribution in [2.75, 3.05) is 11.9 Å². The van der Waals surface area contributed by atoms with E-state index in [0.717, 1.165) is 25.1 Å². The Bertz CT molecular complexity index is 418. The van der Waals surface area contributed by atoms with Gasteiger partial charge in [0.1, 0.15) is 5.75 Å². The molecule has 0 spiro atoms. The second-order valence-electron chi connectivity index (χ2n) is 4.27. The van der Waals surface area contributed by atoms with E-state index in [0.29, 0.717) is 12.2 Å². The Morgan fingerprint density at radius 2 is 2.41 bits per heavy atom. The fourth-order valence-electron chi connectivity index (χ4n) is 2.02. The molecule has 0 fully saturated rings. The number of carbonyl (C=O) groups is 1. The lowest BCUT2D eigenvalue weighted by atomic mass is 10.0. The summed E-state index contributed by atoms with van der Waals surface area (Å²) in [6, 6.07) is 5.89. The van der Waals surface area contributed by atoms with Gasteiger partial charge in [0, 0.05) is 18.3 Å². The van der Waals surface area contributed by atoms with Crippen molar-refractivity contribution in [1.29, 1.82) is 0 Å². The van der Waals surface area contributed by atoms with Crippen LogP contribution in [0.5, 0.6) is 5.75 Å². The lowest BCUT2D eigenvalue weighted by Gasteiger charge is -2.20. The zero-order valence-corrected chi connectivity index (χ0v) is 10.0. The number of carbonyl (C=O) groups excluding carboxylic acids is 1. The third-order valence-electron chi connectivity index (χ3n) is 2.99. The molecule has 0 saturated carbocycles. The van der Waals surface area contributed by atoms with Crippen LogP contribution in [-0.4, -0.2) is 18.6 Å². The first kappa shape index (κ1) is 11.8. The van der Waals surface area contributed by atoms with Gasteiger partial charge in [-0.15, -0.1) is 0 Å². The summed E-state index contributed by atoms with van der Waals surface area (Å²) >= 11 is 0. The highest BCUT2D eigenvalue weighted by Gasteiger charge is 2.16. The smallest absolute Gasteiger partial charge is 0.258 e.